The van der Waals surface area contributed by atoms with E-state index in [1.54, 1.807) is 12.2 Å². The molecule has 1 fully saturated rings. The summed E-state index contributed by atoms with van der Waals surface area (Å²) in [4.78, 5) is 0. The zero-order valence-corrected chi connectivity index (χ0v) is 12.0. The van der Waals surface area contributed by atoms with Gasteiger partial charge >= 0.3 is 7.12 Å². The third-order valence-electron chi connectivity index (χ3n) is 4.43. The van der Waals surface area contributed by atoms with E-state index in [4.69, 9.17) is 9.31 Å². The van der Waals surface area contributed by atoms with Gasteiger partial charge in [-0.2, -0.15) is 0 Å². The maximum atomic E-state index is 12.9. The molecule has 0 saturated carbocycles. The van der Waals surface area contributed by atoms with Crippen LogP contribution in [0.5, 0.6) is 0 Å². The summed E-state index contributed by atoms with van der Waals surface area (Å²) >= 11 is 0. The molecule has 0 aromatic heterocycles. The first kappa shape index (κ1) is 14.7. The van der Waals surface area contributed by atoms with Gasteiger partial charge in [0.1, 0.15) is 13.3 Å². The van der Waals surface area contributed by atoms with Gasteiger partial charge in [-0.25, -0.2) is 0 Å². The van der Waals surface area contributed by atoms with Crippen molar-refractivity contribution in [3.8, 4) is 0 Å². The topological polar surface area (TPSA) is 18.5 Å². The summed E-state index contributed by atoms with van der Waals surface area (Å²) in [6.45, 7) is 6.54. The number of allylic oxidation sites excluding steroid dienone is 4. The average Bonchev–Trinajstić information content (AvgIpc) is 2.58. The molecule has 0 unspecified atom stereocenters. The van der Waals surface area contributed by atoms with E-state index in [0.717, 1.165) is 5.47 Å². The van der Waals surface area contributed by atoms with Gasteiger partial charge in [-0.05, 0) is 39.6 Å². The summed E-state index contributed by atoms with van der Waals surface area (Å²) in [6.07, 6.45) is 5.50. The quantitative estimate of drug-likeness (QED) is 0.731. The molecule has 0 aromatic rings. The maximum Gasteiger partial charge on any atom is 0.494 e. The molecule has 19 heavy (non-hydrogen) atoms. The molecule has 0 aromatic carbocycles. The minimum Gasteiger partial charge on any atom is -0.399 e. The Balaban J connectivity index is 2.12. The molecule has 0 spiro atoms. The van der Waals surface area contributed by atoms with Crippen LogP contribution in [0.2, 0.25) is 0 Å². The van der Waals surface area contributed by atoms with E-state index < -0.39 is 37.1 Å². The molecule has 106 valence electrons. The maximum absolute atomic E-state index is 12.9. The molecule has 2 nitrogen and oxygen atoms in total. The van der Waals surface area contributed by atoms with E-state index >= 15 is 0 Å². The fourth-order valence-corrected chi connectivity index (χ4v) is 2.12. The van der Waals surface area contributed by atoms with Crippen LogP contribution in [0.4, 0.5) is 8.78 Å². The molecule has 0 atom stereocenters. The lowest BCUT2D eigenvalue weighted by molar-refractivity contribution is 0.00578. The molecule has 0 amide bonds. The molecule has 0 N–H and O–H groups in total. The van der Waals surface area contributed by atoms with Gasteiger partial charge in [0.15, 0.2) is 0 Å². The Bertz CT molecular complexity index is 396. The van der Waals surface area contributed by atoms with Gasteiger partial charge < -0.3 is 9.31 Å². The summed E-state index contributed by atoms with van der Waals surface area (Å²) in [5, 5.41) is 0. The second-order valence-corrected chi connectivity index (χ2v) is 6.46. The third-order valence-corrected chi connectivity index (χ3v) is 4.43. The van der Waals surface area contributed by atoms with Crippen LogP contribution in [0.1, 0.15) is 34.1 Å². The van der Waals surface area contributed by atoms with Crippen molar-refractivity contribution in [3.05, 3.63) is 23.7 Å². The summed E-state index contributed by atoms with van der Waals surface area (Å²) < 4.78 is 37.6. The lowest BCUT2D eigenvalue weighted by Gasteiger charge is -2.32. The van der Waals surface area contributed by atoms with Crippen molar-refractivity contribution in [2.24, 2.45) is 5.41 Å². The molecule has 2 aliphatic rings. The second-order valence-electron chi connectivity index (χ2n) is 6.46. The number of rotatable bonds is 3. The molecular weight excluding hydrogens is 249 g/mol. The van der Waals surface area contributed by atoms with Crippen LogP contribution in [0.25, 0.3) is 0 Å². The van der Waals surface area contributed by atoms with Gasteiger partial charge in [-0.1, -0.05) is 18.2 Å². The largest absolute Gasteiger partial charge is 0.494 e. The highest BCUT2D eigenvalue weighted by Crippen LogP contribution is 2.40. The van der Waals surface area contributed by atoms with Crippen LogP contribution in [-0.4, -0.2) is 31.7 Å². The molecule has 1 heterocycles. The molecule has 1 saturated heterocycles. The zero-order chi connectivity index (χ0) is 14.3. The highest BCUT2D eigenvalue weighted by molar-refractivity contribution is 6.55. The molecule has 1 aliphatic heterocycles. The van der Waals surface area contributed by atoms with Gasteiger partial charge in [0, 0.05) is 5.41 Å². The number of hydrogen-bond acceptors (Lipinski definition) is 2. The Morgan fingerprint density at radius 3 is 2.00 bits per heavy atom. The van der Waals surface area contributed by atoms with Crippen molar-refractivity contribution in [1.29, 1.82) is 0 Å². The highest BCUT2D eigenvalue weighted by Gasteiger charge is 2.52. The first-order valence-electron chi connectivity index (χ1n) is 6.62. The molecule has 0 bridgehead atoms. The van der Waals surface area contributed by atoms with Crippen molar-refractivity contribution in [3.63, 3.8) is 0 Å². The van der Waals surface area contributed by atoms with Crippen molar-refractivity contribution in [2.45, 2.75) is 45.3 Å². The van der Waals surface area contributed by atoms with E-state index in [1.807, 2.05) is 33.8 Å². The van der Waals surface area contributed by atoms with Crippen molar-refractivity contribution in [2.75, 3.05) is 13.3 Å². The summed E-state index contributed by atoms with van der Waals surface area (Å²) in [5.41, 5.74) is -0.953. The predicted molar refractivity (Wildman–Crippen MR) is 72.3 cm³/mol. The van der Waals surface area contributed by atoms with Gasteiger partial charge in [0.25, 0.3) is 0 Å². The van der Waals surface area contributed by atoms with Gasteiger partial charge in [-0.3, -0.25) is 8.78 Å². The normalized spacial score (nSPS) is 27.5. The average molecular weight is 270 g/mol. The summed E-state index contributed by atoms with van der Waals surface area (Å²) in [6, 6.07) is 0. The molecule has 1 aliphatic carbocycles. The van der Waals surface area contributed by atoms with Gasteiger partial charge in [0.2, 0.25) is 0 Å². The van der Waals surface area contributed by atoms with E-state index in [-0.39, 0.29) is 0 Å². The molecular formula is C14H21BF2O2. The van der Waals surface area contributed by atoms with Crippen LogP contribution < -0.4 is 0 Å². The molecule has 2 rings (SSSR count). The smallest absolute Gasteiger partial charge is 0.399 e. The van der Waals surface area contributed by atoms with Crippen LogP contribution in [0.15, 0.2) is 23.7 Å². The first-order valence-corrected chi connectivity index (χ1v) is 6.62. The first-order chi connectivity index (χ1) is 8.75. The third kappa shape index (κ3) is 2.50. The Morgan fingerprint density at radius 1 is 1.11 bits per heavy atom. The van der Waals surface area contributed by atoms with Crippen LogP contribution >= 0.6 is 0 Å². The minimum atomic E-state index is -0.993. The monoisotopic (exact) mass is 270 g/mol. The van der Waals surface area contributed by atoms with Crippen LogP contribution in [-0.2, 0) is 9.31 Å². The van der Waals surface area contributed by atoms with Crippen molar-refractivity contribution < 1.29 is 18.1 Å². The minimum absolute atomic E-state index is 0.343. The van der Waals surface area contributed by atoms with Gasteiger partial charge in [-0.15, -0.1) is 0 Å². The van der Waals surface area contributed by atoms with Crippen molar-refractivity contribution in [1.82, 2.24) is 0 Å². The fourth-order valence-electron chi connectivity index (χ4n) is 2.12. The van der Waals surface area contributed by atoms with E-state index in [9.17, 15) is 8.78 Å². The standard InChI is InChI=1S/C14H21BF2O2/c1-12(2)13(3,4)19-15(18-12)11-5-7-14(9-16,10-17)8-6-11/h5-7H,8-10H2,1-4H3. The lowest BCUT2D eigenvalue weighted by Crippen LogP contribution is -2.41. The molecule has 0 radical (unpaired) electrons. The fraction of sp³-hybridized carbons (Fsp3) is 0.714. The van der Waals surface area contributed by atoms with Crippen LogP contribution in [0, 0.1) is 5.41 Å². The Kier molecular flexibility index (Phi) is 3.65. The van der Waals surface area contributed by atoms with E-state index in [2.05, 4.69) is 0 Å². The Morgan fingerprint density at radius 2 is 1.63 bits per heavy atom. The Hall–Kier alpha value is -0.675. The lowest BCUT2D eigenvalue weighted by atomic mass is 9.71. The van der Waals surface area contributed by atoms with Gasteiger partial charge in [0.05, 0.1) is 11.2 Å². The van der Waals surface area contributed by atoms with E-state index in [0.29, 0.717) is 6.42 Å². The molecule has 5 heteroatoms. The second kappa shape index (κ2) is 4.71. The summed E-state index contributed by atoms with van der Waals surface area (Å²) in [7, 11) is -0.460. The number of halogens is 2. The number of alkyl halides is 2. The van der Waals surface area contributed by atoms with Crippen LogP contribution in [0.3, 0.4) is 0 Å². The van der Waals surface area contributed by atoms with Crippen molar-refractivity contribution >= 4 is 7.12 Å². The SMILES string of the molecule is CC1(C)OB(C2=CCC(CF)(CF)C=C2)OC1(C)C. The Labute approximate surface area is 114 Å². The summed E-state index contributed by atoms with van der Waals surface area (Å²) in [5.74, 6) is 0. The predicted octanol–water partition coefficient (Wildman–Crippen LogP) is 3.43. The van der Waals surface area contributed by atoms with E-state index in [1.165, 1.54) is 0 Å². The number of hydrogen-bond donors (Lipinski definition) is 0. The highest BCUT2D eigenvalue weighted by atomic mass is 19.1. The zero-order valence-electron chi connectivity index (χ0n) is 12.0.